The Bertz CT molecular complexity index is 1710. The average Bonchev–Trinajstić information content (AvgIpc) is 3.15. The van der Waals surface area contributed by atoms with Gasteiger partial charge in [-0.3, -0.25) is 0 Å². The van der Waals surface area contributed by atoms with E-state index in [0.717, 1.165) is 27.1 Å². The molecule has 0 spiro atoms. The summed E-state index contributed by atoms with van der Waals surface area (Å²) in [4.78, 5) is 14.0. The third-order valence-electron chi connectivity index (χ3n) is 9.21. The largest absolute Gasteiger partial charge is 0.455 e. The number of carbonyl (C=O) groups excluding carboxylic acids is 1. The number of carbonyl (C=O) groups is 1. The molecule has 6 nitrogen and oxygen atoms in total. The van der Waals surface area contributed by atoms with Gasteiger partial charge in [-0.25, -0.2) is 4.79 Å². The van der Waals surface area contributed by atoms with Crippen LogP contribution in [0.3, 0.4) is 0 Å². The zero-order valence-corrected chi connectivity index (χ0v) is 30.0. The molecule has 0 bridgehead atoms. The van der Waals surface area contributed by atoms with Crippen LogP contribution in [-0.2, 0) is 48.0 Å². The normalized spacial score (nSPS) is 19.5. The zero-order chi connectivity index (χ0) is 34.8. The van der Waals surface area contributed by atoms with Crippen LogP contribution >= 0.6 is 0 Å². The van der Waals surface area contributed by atoms with Crippen molar-refractivity contribution in [1.29, 1.82) is 0 Å². The topological polar surface area (TPSA) is 63.2 Å². The Morgan fingerprint density at radius 2 is 0.920 bits per heavy atom. The molecule has 0 unspecified atom stereocenters. The van der Waals surface area contributed by atoms with E-state index in [1.807, 2.05) is 103 Å². The molecule has 5 aromatic carbocycles. The summed E-state index contributed by atoms with van der Waals surface area (Å²) in [5.41, 5.74) is 2.93. The van der Waals surface area contributed by atoms with Gasteiger partial charge >= 0.3 is 5.97 Å². The van der Waals surface area contributed by atoms with Crippen LogP contribution in [0.1, 0.15) is 37.5 Å². The van der Waals surface area contributed by atoms with Crippen molar-refractivity contribution >= 4 is 24.7 Å². The van der Waals surface area contributed by atoms with Gasteiger partial charge in [0, 0.05) is 0 Å². The van der Waals surface area contributed by atoms with E-state index in [1.165, 1.54) is 0 Å². The lowest BCUT2D eigenvalue weighted by atomic mass is 9.98. The van der Waals surface area contributed by atoms with Crippen molar-refractivity contribution in [2.75, 3.05) is 6.61 Å². The molecule has 1 aliphatic heterocycles. The molecule has 50 heavy (non-hydrogen) atoms. The lowest BCUT2D eigenvalue weighted by molar-refractivity contribution is -0.236. The number of esters is 1. The summed E-state index contributed by atoms with van der Waals surface area (Å²) >= 11 is 0. The minimum atomic E-state index is -2.96. The highest BCUT2D eigenvalue weighted by Gasteiger charge is 2.53. The van der Waals surface area contributed by atoms with Gasteiger partial charge < -0.3 is 23.4 Å². The summed E-state index contributed by atoms with van der Waals surface area (Å²) < 4.78 is 33.3. The van der Waals surface area contributed by atoms with Crippen LogP contribution in [-0.4, -0.2) is 45.3 Å². The zero-order valence-electron chi connectivity index (χ0n) is 29.0. The van der Waals surface area contributed by atoms with E-state index in [4.69, 9.17) is 23.4 Å². The Hall–Kier alpha value is -4.37. The highest BCUT2D eigenvalue weighted by molar-refractivity contribution is 6.99. The fourth-order valence-corrected chi connectivity index (χ4v) is 11.3. The van der Waals surface area contributed by atoms with E-state index >= 15 is 0 Å². The lowest BCUT2D eigenvalue weighted by Gasteiger charge is -2.46. The standard InChI is InChI=1S/C43H46O6Si/c1-43(2,3)50(36-25-15-7-16-26-36,37-27-17-8-18-28-37)48-32-38-39(45-29-33-19-9-4-10-20-33)40(46-30-34-21-11-5-12-22-34)41(42(44)49-38)47-31-35-23-13-6-14-24-35/h4-28,38-41H,29-32H2,1-3H3/t38-,39-,40+,41+/m1/s1. The van der Waals surface area contributed by atoms with Crippen LogP contribution in [0.5, 0.6) is 0 Å². The maximum absolute atomic E-state index is 14.0. The van der Waals surface area contributed by atoms with Crippen LogP contribution in [0.25, 0.3) is 0 Å². The van der Waals surface area contributed by atoms with Crippen LogP contribution in [0.2, 0.25) is 5.04 Å². The molecule has 0 saturated carbocycles. The molecule has 0 radical (unpaired) electrons. The number of cyclic esters (lactones) is 1. The van der Waals surface area contributed by atoms with Crippen LogP contribution in [0.4, 0.5) is 0 Å². The molecule has 0 aliphatic carbocycles. The van der Waals surface area contributed by atoms with Gasteiger partial charge in [0.05, 0.1) is 26.4 Å². The first-order valence-corrected chi connectivity index (χ1v) is 19.2. The first-order chi connectivity index (χ1) is 24.3. The van der Waals surface area contributed by atoms with E-state index in [2.05, 4.69) is 69.3 Å². The molecule has 1 fully saturated rings. The van der Waals surface area contributed by atoms with Crippen LogP contribution in [0, 0.1) is 0 Å². The van der Waals surface area contributed by atoms with Crippen molar-refractivity contribution in [3.8, 4) is 0 Å². The monoisotopic (exact) mass is 686 g/mol. The molecule has 0 aromatic heterocycles. The minimum Gasteiger partial charge on any atom is -0.455 e. The Labute approximate surface area is 297 Å². The summed E-state index contributed by atoms with van der Waals surface area (Å²) in [5, 5.41) is 2.02. The number of ether oxygens (including phenoxy) is 4. The molecule has 4 atom stereocenters. The predicted octanol–water partition coefficient (Wildman–Crippen LogP) is 7.24. The highest BCUT2D eigenvalue weighted by Crippen LogP contribution is 2.38. The molecule has 1 saturated heterocycles. The summed E-state index contributed by atoms with van der Waals surface area (Å²) in [6.45, 7) is 7.61. The van der Waals surface area contributed by atoms with Gasteiger partial charge in [-0.05, 0) is 32.1 Å². The second-order valence-electron chi connectivity index (χ2n) is 13.7. The van der Waals surface area contributed by atoms with E-state index in [9.17, 15) is 4.79 Å². The van der Waals surface area contributed by atoms with E-state index in [1.54, 1.807) is 0 Å². The second kappa shape index (κ2) is 16.6. The van der Waals surface area contributed by atoms with Crippen molar-refractivity contribution in [3.05, 3.63) is 168 Å². The van der Waals surface area contributed by atoms with Gasteiger partial charge in [-0.15, -0.1) is 0 Å². The first-order valence-electron chi connectivity index (χ1n) is 17.3. The molecule has 0 amide bonds. The summed E-state index contributed by atoms with van der Waals surface area (Å²) in [5.74, 6) is -0.491. The van der Waals surface area contributed by atoms with Crippen molar-refractivity contribution in [2.24, 2.45) is 0 Å². The molecule has 6 rings (SSSR count). The highest BCUT2D eigenvalue weighted by atomic mass is 28.4. The fraction of sp³-hybridized carbons (Fsp3) is 0.279. The molecular weight excluding hydrogens is 641 g/mol. The predicted molar refractivity (Wildman–Crippen MR) is 199 cm³/mol. The van der Waals surface area contributed by atoms with Gasteiger partial charge in [0.25, 0.3) is 8.32 Å². The molecular formula is C43H46O6Si. The molecule has 1 heterocycles. The van der Waals surface area contributed by atoms with Gasteiger partial charge in [-0.2, -0.15) is 0 Å². The fourth-order valence-electron chi connectivity index (χ4n) is 6.74. The second-order valence-corrected chi connectivity index (χ2v) is 18.0. The quantitative estimate of drug-likeness (QED) is 0.0907. The Morgan fingerprint density at radius 1 is 0.540 bits per heavy atom. The molecule has 1 aliphatic rings. The van der Waals surface area contributed by atoms with Crippen molar-refractivity contribution < 1.29 is 28.2 Å². The SMILES string of the molecule is CC(C)(C)[Si](OC[C@H]1OC(=O)[C@@H](OCc2ccccc2)[C@@H](OCc2ccccc2)[C@@H]1OCc1ccccc1)(c1ccccc1)c1ccccc1. The van der Waals surface area contributed by atoms with E-state index < -0.39 is 38.7 Å². The minimum absolute atomic E-state index is 0.120. The van der Waals surface area contributed by atoms with Crippen LogP contribution < -0.4 is 10.4 Å². The van der Waals surface area contributed by atoms with Gasteiger partial charge in [-0.1, -0.05) is 172 Å². The number of rotatable bonds is 14. The molecule has 258 valence electrons. The summed E-state index contributed by atoms with van der Waals surface area (Å²) in [6.07, 6.45) is -3.22. The Balaban J connectivity index is 1.36. The molecule has 0 N–H and O–H groups in total. The Morgan fingerprint density at radius 3 is 1.34 bits per heavy atom. The van der Waals surface area contributed by atoms with Crippen molar-refractivity contribution in [2.45, 2.75) is 70.0 Å². The number of hydrogen-bond donors (Lipinski definition) is 0. The lowest BCUT2D eigenvalue weighted by Crippen LogP contribution is -2.68. The average molecular weight is 687 g/mol. The summed E-state index contributed by atoms with van der Waals surface area (Å²) in [7, 11) is -2.96. The molecule has 7 heteroatoms. The maximum Gasteiger partial charge on any atom is 0.338 e. The Kier molecular flexibility index (Phi) is 11.7. The maximum atomic E-state index is 14.0. The van der Waals surface area contributed by atoms with Gasteiger partial charge in [0.1, 0.15) is 12.2 Å². The van der Waals surface area contributed by atoms with Gasteiger partial charge in [0.15, 0.2) is 12.2 Å². The first kappa shape index (κ1) is 35.5. The van der Waals surface area contributed by atoms with Crippen molar-refractivity contribution in [3.63, 3.8) is 0 Å². The van der Waals surface area contributed by atoms with Crippen molar-refractivity contribution in [1.82, 2.24) is 0 Å². The smallest absolute Gasteiger partial charge is 0.338 e. The van der Waals surface area contributed by atoms with Crippen LogP contribution in [0.15, 0.2) is 152 Å². The number of benzene rings is 5. The molecule has 5 aromatic rings. The number of hydrogen-bond acceptors (Lipinski definition) is 6. The van der Waals surface area contributed by atoms with Gasteiger partial charge in [0.2, 0.25) is 0 Å². The summed E-state index contributed by atoms with van der Waals surface area (Å²) in [6, 6.07) is 50.6. The van der Waals surface area contributed by atoms with E-state index in [-0.39, 0.29) is 24.9 Å². The van der Waals surface area contributed by atoms with E-state index in [0.29, 0.717) is 6.61 Å². The third kappa shape index (κ3) is 8.32. The third-order valence-corrected chi connectivity index (χ3v) is 14.2.